The Balaban J connectivity index is 0.00000544. The molecule has 0 spiro atoms. The first kappa shape index (κ1) is 31.2. The Morgan fingerprint density at radius 2 is 1.21 bits per heavy atom. The van der Waals surface area contributed by atoms with E-state index in [4.69, 9.17) is 4.18 Å². The predicted molar refractivity (Wildman–Crippen MR) is 145 cm³/mol. The molecule has 0 atom stereocenters. The third-order valence-electron chi connectivity index (χ3n) is 6.25. The molecule has 0 aromatic heterocycles. The first-order valence-electron chi connectivity index (χ1n) is 13.0. The van der Waals surface area contributed by atoms with Crippen LogP contribution in [0.4, 0.5) is 0 Å². The summed E-state index contributed by atoms with van der Waals surface area (Å²) in [6, 6.07) is 11.8. The van der Waals surface area contributed by atoms with Gasteiger partial charge in [0.2, 0.25) is 0 Å². The zero-order valence-corrected chi connectivity index (χ0v) is 21.2. The maximum absolute atomic E-state index is 13.2. The summed E-state index contributed by atoms with van der Waals surface area (Å²) >= 11 is 0. The molecule has 0 aliphatic carbocycles. The third-order valence-corrected chi connectivity index (χ3v) is 7.71. The normalized spacial score (nSPS) is 11.6. The number of hydrogen-bond acceptors (Lipinski definition) is 3. The van der Waals surface area contributed by atoms with Crippen LogP contribution >= 0.6 is 0 Å². The molecule has 0 unspecified atom stereocenters. The molecular weight excluding hydrogens is 554 g/mol. The van der Waals surface area contributed by atoms with Crippen LogP contribution in [-0.2, 0) is 20.7 Å². The number of hydrogen-bond donors (Lipinski definition) is 0. The molecule has 0 aliphatic heterocycles. The van der Waals surface area contributed by atoms with Gasteiger partial charge >= 0.3 is 48.9 Å². The zero-order valence-electron chi connectivity index (χ0n) is 20.4. The first-order chi connectivity index (χ1) is 15.6. The van der Waals surface area contributed by atoms with Gasteiger partial charge in [-0.15, -0.1) is 0 Å². The summed E-state index contributed by atoms with van der Waals surface area (Å²) in [7, 11) is -3.77. The molecule has 0 heterocycles. The van der Waals surface area contributed by atoms with Crippen molar-refractivity contribution in [3.8, 4) is 0 Å². The SMILES string of the molecule is CCCCCCCCCOS(=O)(=O)c1c(CCCCCCCCC)ccc2ccccc12.[BaH2]. The van der Waals surface area contributed by atoms with Crippen LogP contribution in [0.5, 0.6) is 0 Å². The van der Waals surface area contributed by atoms with E-state index >= 15 is 0 Å². The van der Waals surface area contributed by atoms with Crippen molar-refractivity contribution in [2.45, 2.75) is 115 Å². The molecule has 2 rings (SSSR count). The summed E-state index contributed by atoms with van der Waals surface area (Å²) in [4.78, 5) is 0.393. The quantitative estimate of drug-likeness (QED) is 0.100. The van der Waals surface area contributed by atoms with Crippen LogP contribution in [0.1, 0.15) is 109 Å². The number of benzene rings is 2. The second-order valence-electron chi connectivity index (χ2n) is 9.04. The van der Waals surface area contributed by atoms with E-state index in [1.165, 1.54) is 57.8 Å². The molecule has 184 valence electrons. The Bertz CT molecular complexity index is 880. The van der Waals surface area contributed by atoms with Crippen molar-refractivity contribution in [3.05, 3.63) is 42.0 Å². The molecule has 5 heteroatoms. The Morgan fingerprint density at radius 3 is 1.85 bits per heavy atom. The Labute approximate surface area is 243 Å². The molecule has 0 saturated heterocycles. The summed E-state index contributed by atoms with van der Waals surface area (Å²) in [5.74, 6) is 0. The van der Waals surface area contributed by atoms with Crippen LogP contribution in [0.25, 0.3) is 10.8 Å². The van der Waals surface area contributed by atoms with Gasteiger partial charge in [-0.25, -0.2) is 0 Å². The van der Waals surface area contributed by atoms with E-state index in [1.807, 2.05) is 36.4 Å². The third kappa shape index (κ3) is 11.6. The fourth-order valence-electron chi connectivity index (χ4n) is 4.34. The van der Waals surface area contributed by atoms with E-state index in [2.05, 4.69) is 13.8 Å². The van der Waals surface area contributed by atoms with Crippen molar-refractivity contribution in [2.75, 3.05) is 6.61 Å². The molecule has 2 aromatic carbocycles. The predicted octanol–water partition coefficient (Wildman–Crippen LogP) is 7.67. The molecule has 3 nitrogen and oxygen atoms in total. The van der Waals surface area contributed by atoms with E-state index in [0.29, 0.717) is 4.90 Å². The van der Waals surface area contributed by atoms with Gasteiger partial charge in [0.05, 0.1) is 6.61 Å². The Morgan fingerprint density at radius 1 is 0.667 bits per heavy atom. The molecule has 0 aliphatic rings. The Kier molecular flexibility index (Phi) is 17.5. The fourth-order valence-corrected chi connectivity index (χ4v) is 5.74. The summed E-state index contributed by atoms with van der Waals surface area (Å²) in [5.41, 5.74) is 0.900. The fraction of sp³-hybridized carbons (Fsp3) is 0.643. The second kappa shape index (κ2) is 18.4. The van der Waals surface area contributed by atoms with Crippen LogP contribution in [0.3, 0.4) is 0 Å². The molecule has 0 amide bonds. The van der Waals surface area contributed by atoms with Gasteiger partial charge in [0.15, 0.2) is 0 Å². The minimum absolute atomic E-state index is 0. The van der Waals surface area contributed by atoms with Crippen LogP contribution < -0.4 is 0 Å². The Hall–Kier alpha value is 0.181. The molecule has 0 fully saturated rings. The molecule has 0 radical (unpaired) electrons. The summed E-state index contributed by atoms with van der Waals surface area (Å²) < 4.78 is 32.0. The van der Waals surface area contributed by atoms with Crippen LogP contribution in [0.2, 0.25) is 0 Å². The van der Waals surface area contributed by atoms with Crippen molar-refractivity contribution in [3.63, 3.8) is 0 Å². The minimum atomic E-state index is -3.77. The standard InChI is InChI=1S/C28H44O3S.Ba.2H/c1-3-5-7-9-11-13-15-20-26-23-22-25-19-16-17-21-27(25)28(26)32(29,30)31-24-18-14-12-10-8-6-4-2;;;/h16-17,19,21-23H,3-15,18,20,24H2,1-2H3;;;. The summed E-state index contributed by atoms with van der Waals surface area (Å²) in [6.07, 6.45) is 17.3. The zero-order chi connectivity index (χ0) is 23.1. The van der Waals surface area contributed by atoms with Gasteiger partial charge in [-0.05, 0) is 30.2 Å². The van der Waals surface area contributed by atoms with Crippen molar-refractivity contribution < 1.29 is 12.6 Å². The van der Waals surface area contributed by atoms with E-state index in [0.717, 1.165) is 54.9 Å². The van der Waals surface area contributed by atoms with Gasteiger partial charge < -0.3 is 0 Å². The van der Waals surface area contributed by atoms with Crippen molar-refractivity contribution in [1.29, 1.82) is 0 Å². The topological polar surface area (TPSA) is 43.4 Å². The van der Waals surface area contributed by atoms with Crippen LogP contribution in [0.15, 0.2) is 41.3 Å². The average Bonchev–Trinajstić information content (AvgIpc) is 2.79. The van der Waals surface area contributed by atoms with Crippen molar-refractivity contribution in [1.82, 2.24) is 0 Å². The number of fused-ring (bicyclic) bond motifs is 1. The molecule has 0 saturated carbocycles. The average molecular weight is 600 g/mol. The number of aryl methyl sites for hydroxylation is 1. The number of rotatable bonds is 18. The van der Waals surface area contributed by atoms with Gasteiger partial charge in [0, 0.05) is 5.39 Å². The van der Waals surface area contributed by atoms with Crippen LogP contribution in [0, 0.1) is 0 Å². The number of unbranched alkanes of at least 4 members (excludes halogenated alkanes) is 12. The second-order valence-corrected chi connectivity index (χ2v) is 10.6. The van der Waals surface area contributed by atoms with Gasteiger partial charge in [0.25, 0.3) is 10.1 Å². The van der Waals surface area contributed by atoms with E-state index in [-0.39, 0.29) is 55.5 Å². The molecule has 0 N–H and O–H groups in total. The van der Waals surface area contributed by atoms with Crippen LogP contribution in [-0.4, -0.2) is 63.9 Å². The summed E-state index contributed by atoms with van der Waals surface area (Å²) in [5, 5.41) is 1.74. The van der Waals surface area contributed by atoms with Gasteiger partial charge in [-0.2, -0.15) is 8.42 Å². The van der Waals surface area contributed by atoms with Gasteiger partial charge in [-0.3, -0.25) is 4.18 Å². The monoisotopic (exact) mass is 600 g/mol. The molecule has 33 heavy (non-hydrogen) atoms. The van der Waals surface area contributed by atoms with Gasteiger partial charge in [0.1, 0.15) is 4.90 Å². The van der Waals surface area contributed by atoms with Crippen molar-refractivity contribution >= 4 is 69.8 Å². The van der Waals surface area contributed by atoms with E-state index in [9.17, 15) is 8.42 Å². The maximum atomic E-state index is 13.2. The van der Waals surface area contributed by atoms with E-state index in [1.54, 1.807) is 0 Å². The van der Waals surface area contributed by atoms with Crippen molar-refractivity contribution in [2.24, 2.45) is 0 Å². The molecular formula is C28H46BaO3S. The molecule has 2 aromatic rings. The molecule has 0 bridgehead atoms. The summed E-state index contributed by atoms with van der Waals surface area (Å²) in [6.45, 7) is 4.72. The van der Waals surface area contributed by atoms with Gasteiger partial charge in [-0.1, -0.05) is 127 Å². The first-order valence-corrected chi connectivity index (χ1v) is 14.4. The van der Waals surface area contributed by atoms with E-state index < -0.39 is 10.1 Å².